The minimum atomic E-state index is -3.49. The minimum Gasteiger partial charge on any atom is -0.491 e. The summed E-state index contributed by atoms with van der Waals surface area (Å²) in [4.78, 5) is 0. The molecule has 1 aromatic carbocycles. The van der Waals surface area contributed by atoms with Crippen molar-refractivity contribution in [1.29, 1.82) is 0 Å². The normalized spacial score (nSPS) is 11.5. The van der Waals surface area contributed by atoms with Crippen LogP contribution in [0, 0.1) is 0 Å². The molecule has 0 atom stereocenters. The molecule has 0 amide bonds. The zero-order chi connectivity index (χ0) is 14.3. The molecule has 0 aliphatic heterocycles. The van der Waals surface area contributed by atoms with Crippen LogP contribution in [-0.2, 0) is 20.2 Å². The van der Waals surface area contributed by atoms with E-state index in [-0.39, 0.29) is 12.4 Å². The van der Waals surface area contributed by atoms with Crippen molar-refractivity contribution in [3.8, 4) is 5.75 Å². The Bertz CT molecular complexity index is 502. The van der Waals surface area contributed by atoms with Crippen molar-refractivity contribution in [2.75, 3.05) is 25.6 Å². The fourth-order valence-electron chi connectivity index (χ4n) is 1.39. The van der Waals surface area contributed by atoms with E-state index in [1.807, 2.05) is 13.0 Å². The second-order valence-electron chi connectivity index (χ2n) is 3.81. The van der Waals surface area contributed by atoms with Crippen LogP contribution in [-0.4, -0.2) is 34.0 Å². The fraction of sp³-hybridized carbons (Fsp3) is 0.500. The van der Waals surface area contributed by atoms with Crippen molar-refractivity contribution >= 4 is 31.3 Å². The summed E-state index contributed by atoms with van der Waals surface area (Å²) in [6.07, 6.45) is 0.833. The molecule has 0 fully saturated rings. The van der Waals surface area contributed by atoms with E-state index in [1.54, 1.807) is 12.1 Å². The largest absolute Gasteiger partial charge is 0.491 e. The highest BCUT2D eigenvalue weighted by Gasteiger charge is 2.04. The summed E-state index contributed by atoms with van der Waals surface area (Å²) in [5.74, 6) is 0.518. The van der Waals surface area contributed by atoms with Crippen LogP contribution in [0.1, 0.15) is 12.5 Å². The van der Waals surface area contributed by atoms with Crippen LogP contribution in [0.2, 0.25) is 5.02 Å². The number of hydrogen-bond donors (Lipinski definition) is 0. The topological polar surface area (TPSA) is 52.6 Å². The third kappa shape index (κ3) is 7.01. The van der Waals surface area contributed by atoms with Gasteiger partial charge in [0.05, 0.1) is 19.0 Å². The van der Waals surface area contributed by atoms with Gasteiger partial charge in [0, 0.05) is 15.7 Å². The first-order chi connectivity index (χ1) is 8.92. The van der Waals surface area contributed by atoms with Crippen LogP contribution >= 0.6 is 22.3 Å². The van der Waals surface area contributed by atoms with E-state index in [2.05, 4.69) is 0 Å². The van der Waals surface area contributed by atoms with Crippen molar-refractivity contribution in [3.05, 3.63) is 28.8 Å². The molecule has 1 rings (SSSR count). The number of halogens is 2. The van der Waals surface area contributed by atoms with Crippen LogP contribution in [0.25, 0.3) is 0 Å². The van der Waals surface area contributed by atoms with Gasteiger partial charge in [0.1, 0.15) is 12.4 Å². The molecule has 0 heterocycles. The van der Waals surface area contributed by atoms with Crippen molar-refractivity contribution < 1.29 is 17.9 Å². The third-order valence-corrected chi connectivity index (χ3v) is 3.85. The van der Waals surface area contributed by atoms with Crippen molar-refractivity contribution in [1.82, 2.24) is 0 Å². The SMILES string of the molecule is CCc1cc(OCCOCCS(=O)(=O)Cl)ccc1Cl. The van der Waals surface area contributed by atoms with E-state index in [9.17, 15) is 8.42 Å². The molecule has 19 heavy (non-hydrogen) atoms. The van der Waals surface area contributed by atoms with Gasteiger partial charge in [0.2, 0.25) is 9.05 Å². The Kier molecular flexibility index (Phi) is 6.93. The summed E-state index contributed by atoms with van der Waals surface area (Å²) in [6.45, 7) is 2.72. The maximum atomic E-state index is 10.6. The molecule has 0 saturated heterocycles. The van der Waals surface area contributed by atoms with Gasteiger partial charge in [-0.15, -0.1) is 0 Å². The van der Waals surface area contributed by atoms with Crippen LogP contribution in [0.5, 0.6) is 5.75 Å². The molecule has 0 N–H and O–H groups in total. The zero-order valence-corrected chi connectivity index (χ0v) is 12.9. The van der Waals surface area contributed by atoms with Crippen LogP contribution in [0.4, 0.5) is 0 Å². The molecule has 0 radical (unpaired) electrons. The number of aryl methyl sites for hydroxylation is 1. The zero-order valence-electron chi connectivity index (χ0n) is 10.6. The maximum absolute atomic E-state index is 10.6. The molecule has 0 saturated carbocycles. The lowest BCUT2D eigenvalue weighted by atomic mass is 10.1. The molecule has 4 nitrogen and oxygen atoms in total. The second-order valence-corrected chi connectivity index (χ2v) is 7.11. The smallest absolute Gasteiger partial charge is 0.234 e. The Balaban J connectivity index is 2.26. The molecule has 0 bridgehead atoms. The highest BCUT2D eigenvalue weighted by Crippen LogP contribution is 2.22. The standard InChI is InChI=1S/C12H16Cl2O4S/c1-2-10-9-11(3-4-12(10)13)18-6-5-17-7-8-19(14,15)16/h3-4,9H,2,5-8H2,1H3. The quantitative estimate of drug-likeness (QED) is 0.544. The number of hydrogen-bond acceptors (Lipinski definition) is 4. The molecular formula is C12H16Cl2O4S. The minimum absolute atomic E-state index is 0.0655. The predicted octanol–water partition coefficient (Wildman–Crippen LogP) is 2.87. The Labute approximate surface area is 123 Å². The molecule has 0 aliphatic carbocycles. The van der Waals surface area contributed by atoms with E-state index in [0.29, 0.717) is 13.2 Å². The van der Waals surface area contributed by atoms with E-state index < -0.39 is 9.05 Å². The maximum Gasteiger partial charge on any atom is 0.234 e. The average molecular weight is 327 g/mol. The Hall–Kier alpha value is -0.490. The van der Waals surface area contributed by atoms with Crippen LogP contribution in [0.3, 0.4) is 0 Å². The fourth-order valence-corrected chi connectivity index (χ4v) is 2.15. The summed E-state index contributed by atoms with van der Waals surface area (Å²) >= 11 is 5.99. The summed E-state index contributed by atoms with van der Waals surface area (Å²) < 4.78 is 31.8. The first-order valence-electron chi connectivity index (χ1n) is 5.83. The van der Waals surface area contributed by atoms with Crippen molar-refractivity contribution in [3.63, 3.8) is 0 Å². The van der Waals surface area contributed by atoms with Gasteiger partial charge in [-0.2, -0.15) is 0 Å². The number of ether oxygens (including phenoxy) is 2. The Morgan fingerprint density at radius 1 is 1.21 bits per heavy atom. The highest BCUT2D eigenvalue weighted by atomic mass is 35.7. The summed E-state index contributed by atoms with van der Waals surface area (Å²) in [7, 11) is 1.55. The van der Waals surface area contributed by atoms with Crippen molar-refractivity contribution in [2.45, 2.75) is 13.3 Å². The molecule has 7 heteroatoms. The molecule has 0 spiro atoms. The Morgan fingerprint density at radius 3 is 2.58 bits per heavy atom. The first kappa shape index (κ1) is 16.6. The number of benzene rings is 1. The van der Waals surface area contributed by atoms with Gasteiger partial charge in [0.25, 0.3) is 0 Å². The van der Waals surface area contributed by atoms with Gasteiger partial charge < -0.3 is 9.47 Å². The van der Waals surface area contributed by atoms with Gasteiger partial charge in [-0.3, -0.25) is 0 Å². The second kappa shape index (κ2) is 7.94. The van der Waals surface area contributed by atoms with Crippen LogP contribution in [0.15, 0.2) is 18.2 Å². The van der Waals surface area contributed by atoms with Crippen molar-refractivity contribution in [2.24, 2.45) is 0 Å². The summed E-state index contributed by atoms with van der Waals surface area (Å²) in [5.41, 5.74) is 1.02. The van der Waals surface area contributed by atoms with E-state index in [0.717, 1.165) is 22.8 Å². The molecule has 108 valence electrons. The highest BCUT2D eigenvalue weighted by molar-refractivity contribution is 8.13. The Morgan fingerprint density at radius 2 is 1.95 bits per heavy atom. The van der Waals surface area contributed by atoms with E-state index in [4.69, 9.17) is 31.8 Å². The summed E-state index contributed by atoms with van der Waals surface area (Å²) in [5, 5.41) is 0.721. The van der Waals surface area contributed by atoms with Gasteiger partial charge in [-0.25, -0.2) is 8.42 Å². The van der Waals surface area contributed by atoms with Gasteiger partial charge >= 0.3 is 0 Å². The average Bonchev–Trinajstić information content (AvgIpc) is 2.34. The summed E-state index contributed by atoms with van der Waals surface area (Å²) in [6, 6.07) is 5.45. The molecular weight excluding hydrogens is 311 g/mol. The lowest BCUT2D eigenvalue weighted by Gasteiger charge is -2.09. The predicted molar refractivity (Wildman–Crippen MR) is 76.8 cm³/mol. The molecule has 0 aromatic heterocycles. The van der Waals surface area contributed by atoms with Gasteiger partial charge in [0.15, 0.2) is 0 Å². The molecule has 0 aliphatic rings. The first-order valence-corrected chi connectivity index (χ1v) is 8.69. The van der Waals surface area contributed by atoms with Crippen LogP contribution < -0.4 is 4.74 Å². The lowest BCUT2D eigenvalue weighted by molar-refractivity contribution is 0.111. The number of rotatable bonds is 8. The third-order valence-electron chi connectivity index (χ3n) is 2.37. The van der Waals surface area contributed by atoms with Gasteiger partial charge in [-0.05, 0) is 30.2 Å². The lowest BCUT2D eigenvalue weighted by Crippen LogP contribution is -2.12. The molecule has 0 unspecified atom stereocenters. The van der Waals surface area contributed by atoms with E-state index in [1.165, 1.54) is 0 Å². The monoisotopic (exact) mass is 326 g/mol. The van der Waals surface area contributed by atoms with Gasteiger partial charge in [-0.1, -0.05) is 18.5 Å². The van der Waals surface area contributed by atoms with E-state index >= 15 is 0 Å². The molecule has 1 aromatic rings.